The maximum Gasteiger partial charge on any atom is 0.231 e. The van der Waals surface area contributed by atoms with Crippen LogP contribution < -0.4 is 5.32 Å². The van der Waals surface area contributed by atoms with Crippen molar-refractivity contribution in [2.45, 2.75) is 62.4 Å². The van der Waals surface area contributed by atoms with Crippen LogP contribution in [-0.2, 0) is 5.41 Å². The largest absolute Gasteiger partial charge is 0.339 e. The molecule has 2 saturated heterocycles. The number of aromatic nitrogens is 2. The number of hydrogen-bond acceptors (Lipinski definition) is 4. The molecule has 3 atom stereocenters. The highest BCUT2D eigenvalue weighted by Crippen LogP contribution is 2.47. The van der Waals surface area contributed by atoms with Crippen LogP contribution in [-0.4, -0.2) is 22.2 Å². The monoisotopic (exact) mass is 219 g/mol. The molecule has 0 spiro atoms. The van der Waals surface area contributed by atoms with Crippen LogP contribution in [0.15, 0.2) is 4.52 Å². The molecule has 0 aromatic carbocycles. The second-order valence-corrected chi connectivity index (χ2v) is 5.91. The first-order valence-corrected chi connectivity index (χ1v) is 6.35. The lowest BCUT2D eigenvalue weighted by Crippen LogP contribution is -2.21. The second-order valence-electron chi connectivity index (χ2n) is 5.91. The molecule has 2 aliphatic heterocycles. The van der Waals surface area contributed by atoms with Crippen LogP contribution in [0.5, 0.6) is 0 Å². The van der Waals surface area contributed by atoms with E-state index in [9.17, 15) is 0 Å². The summed E-state index contributed by atoms with van der Waals surface area (Å²) in [7, 11) is 0. The van der Waals surface area contributed by atoms with Crippen LogP contribution in [0.1, 0.15) is 56.7 Å². The van der Waals surface area contributed by atoms with Crippen LogP contribution in [0.25, 0.3) is 0 Å². The third-order valence-electron chi connectivity index (χ3n) is 4.60. The molecule has 4 nitrogen and oxygen atoms in total. The van der Waals surface area contributed by atoms with Gasteiger partial charge in [0.1, 0.15) is 0 Å². The fourth-order valence-electron chi connectivity index (χ4n) is 3.14. The van der Waals surface area contributed by atoms with Crippen molar-refractivity contribution >= 4 is 0 Å². The Balaban J connectivity index is 1.61. The lowest BCUT2D eigenvalue weighted by molar-refractivity contribution is 0.325. The first-order valence-electron chi connectivity index (χ1n) is 6.35. The van der Waals surface area contributed by atoms with Crippen LogP contribution >= 0.6 is 0 Å². The number of nitrogens with zero attached hydrogens (tertiary/aromatic N) is 2. The van der Waals surface area contributed by atoms with Gasteiger partial charge in [-0.2, -0.15) is 4.98 Å². The van der Waals surface area contributed by atoms with Crippen LogP contribution in [0.4, 0.5) is 0 Å². The lowest BCUT2D eigenvalue weighted by atomic mass is 9.89. The van der Waals surface area contributed by atoms with Gasteiger partial charge in [0.25, 0.3) is 0 Å². The summed E-state index contributed by atoms with van der Waals surface area (Å²) in [5.74, 6) is 2.29. The molecule has 1 aliphatic carbocycles. The summed E-state index contributed by atoms with van der Waals surface area (Å²) in [5, 5.41) is 7.78. The number of rotatable bonds is 2. The fraction of sp³-hybridized carbons (Fsp3) is 0.833. The van der Waals surface area contributed by atoms with E-state index < -0.39 is 0 Å². The van der Waals surface area contributed by atoms with Crippen molar-refractivity contribution in [3.8, 4) is 0 Å². The standard InChI is InChI=1S/C12H17N3O/c1-12(4-5-12)11-14-10(16-15-11)8-6-7-2-3-9(8)13-7/h7-9,13H,2-6H2,1H3. The van der Waals surface area contributed by atoms with E-state index in [2.05, 4.69) is 22.4 Å². The van der Waals surface area contributed by atoms with E-state index in [1.807, 2.05) is 0 Å². The first-order chi connectivity index (χ1) is 7.74. The van der Waals surface area contributed by atoms with Gasteiger partial charge in [0, 0.05) is 17.5 Å². The summed E-state index contributed by atoms with van der Waals surface area (Å²) < 4.78 is 5.47. The van der Waals surface area contributed by atoms with Crippen molar-refractivity contribution in [1.29, 1.82) is 0 Å². The molecular formula is C12H17N3O. The zero-order chi connectivity index (χ0) is 10.8. The molecule has 1 N–H and O–H groups in total. The molecule has 4 rings (SSSR count). The van der Waals surface area contributed by atoms with E-state index in [-0.39, 0.29) is 5.41 Å². The Morgan fingerprint density at radius 2 is 2.25 bits per heavy atom. The summed E-state index contributed by atoms with van der Waals surface area (Å²) in [5.41, 5.74) is 0.229. The van der Waals surface area contributed by atoms with Gasteiger partial charge in [-0.05, 0) is 32.1 Å². The van der Waals surface area contributed by atoms with E-state index in [0.29, 0.717) is 18.0 Å². The Labute approximate surface area is 94.8 Å². The van der Waals surface area contributed by atoms with Gasteiger partial charge >= 0.3 is 0 Å². The fourth-order valence-corrected chi connectivity index (χ4v) is 3.14. The molecule has 0 amide bonds. The SMILES string of the molecule is CC1(c2noc(C3CC4CCC3N4)n2)CC1. The topological polar surface area (TPSA) is 51.0 Å². The summed E-state index contributed by atoms with van der Waals surface area (Å²) >= 11 is 0. The summed E-state index contributed by atoms with van der Waals surface area (Å²) in [6, 6.07) is 1.28. The van der Waals surface area contributed by atoms with Crippen molar-refractivity contribution in [2.75, 3.05) is 0 Å². The lowest BCUT2D eigenvalue weighted by Gasteiger charge is -2.15. The zero-order valence-electron chi connectivity index (χ0n) is 9.57. The van der Waals surface area contributed by atoms with Crippen molar-refractivity contribution in [3.05, 3.63) is 11.7 Å². The Morgan fingerprint density at radius 1 is 1.38 bits per heavy atom. The van der Waals surface area contributed by atoms with Crippen LogP contribution in [0, 0.1) is 0 Å². The molecule has 3 unspecified atom stereocenters. The van der Waals surface area contributed by atoms with E-state index in [1.54, 1.807) is 0 Å². The average molecular weight is 219 g/mol. The molecular weight excluding hydrogens is 202 g/mol. The van der Waals surface area contributed by atoms with Crippen LogP contribution in [0.3, 0.4) is 0 Å². The molecule has 3 fully saturated rings. The Hall–Kier alpha value is -0.900. The molecule has 4 heteroatoms. The number of nitrogens with one attached hydrogen (secondary N) is 1. The van der Waals surface area contributed by atoms with Crippen molar-refractivity contribution in [2.24, 2.45) is 0 Å². The van der Waals surface area contributed by atoms with Gasteiger partial charge in [-0.15, -0.1) is 0 Å². The van der Waals surface area contributed by atoms with Gasteiger partial charge in [0.15, 0.2) is 5.82 Å². The Morgan fingerprint density at radius 3 is 2.88 bits per heavy atom. The number of fused-ring (bicyclic) bond motifs is 2. The summed E-state index contributed by atoms with van der Waals surface area (Å²) in [4.78, 5) is 4.63. The van der Waals surface area contributed by atoms with Crippen molar-refractivity contribution in [3.63, 3.8) is 0 Å². The summed E-state index contributed by atoms with van der Waals surface area (Å²) in [6.45, 7) is 2.22. The molecule has 3 aliphatic rings. The minimum Gasteiger partial charge on any atom is -0.339 e. The van der Waals surface area contributed by atoms with Crippen molar-refractivity contribution in [1.82, 2.24) is 15.5 Å². The van der Waals surface area contributed by atoms with Gasteiger partial charge in [-0.1, -0.05) is 12.1 Å². The Bertz CT molecular complexity index is 424. The van der Waals surface area contributed by atoms with Crippen molar-refractivity contribution < 1.29 is 4.52 Å². The smallest absolute Gasteiger partial charge is 0.231 e. The van der Waals surface area contributed by atoms with Gasteiger partial charge < -0.3 is 9.84 Å². The average Bonchev–Trinajstić information content (AvgIpc) is 2.83. The quantitative estimate of drug-likeness (QED) is 0.823. The minimum atomic E-state index is 0.229. The zero-order valence-corrected chi connectivity index (χ0v) is 9.57. The third-order valence-corrected chi connectivity index (χ3v) is 4.60. The van der Waals surface area contributed by atoms with E-state index in [4.69, 9.17) is 4.52 Å². The summed E-state index contributed by atoms with van der Waals surface area (Å²) in [6.07, 6.45) is 6.19. The van der Waals surface area contributed by atoms with Gasteiger partial charge in [0.2, 0.25) is 5.89 Å². The normalized spacial score (nSPS) is 39.2. The Kier molecular flexibility index (Phi) is 1.64. The highest BCUT2D eigenvalue weighted by Gasteiger charge is 2.46. The third kappa shape index (κ3) is 1.19. The van der Waals surface area contributed by atoms with Gasteiger partial charge in [-0.3, -0.25) is 0 Å². The predicted molar refractivity (Wildman–Crippen MR) is 58.2 cm³/mol. The predicted octanol–water partition coefficient (Wildman–Crippen LogP) is 1.73. The van der Waals surface area contributed by atoms with E-state index in [0.717, 1.165) is 11.7 Å². The second kappa shape index (κ2) is 2.86. The van der Waals surface area contributed by atoms with Gasteiger partial charge in [0.05, 0.1) is 5.92 Å². The highest BCUT2D eigenvalue weighted by atomic mass is 16.5. The molecule has 3 heterocycles. The molecule has 1 aromatic rings. The number of hydrogen-bond donors (Lipinski definition) is 1. The highest BCUT2D eigenvalue weighted by molar-refractivity contribution is 5.17. The van der Waals surface area contributed by atoms with Crippen LogP contribution in [0.2, 0.25) is 0 Å². The first kappa shape index (κ1) is 9.16. The maximum atomic E-state index is 5.47. The van der Waals surface area contributed by atoms with Gasteiger partial charge in [-0.25, -0.2) is 0 Å². The molecule has 1 aromatic heterocycles. The molecule has 0 radical (unpaired) electrons. The van der Waals surface area contributed by atoms with E-state index in [1.165, 1.54) is 32.1 Å². The van der Waals surface area contributed by atoms with E-state index >= 15 is 0 Å². The molecule has 86 valence electrons. The molecule has 2 bridgehead atoms. The molecule has 16 heavy (non-hydrogen) atoms. The minimum absolute atomic E-state index is 0.229. The maximum absolute atomic E-state index is 5.47. The molecule has 1 saturated carbocycles.